The lowest BCUT2D eigenvalue weighted by Gasteiger charge is -2.10. The Morgan fingerprint density at radius 1 is 1.04 bits per heavy atom. The molecule has 0 spiro atoms. The number of rotatable bonds is 4. The van der Waals surface area contributed by atoms with E-state index in [1.807, 2.05) is 41.1 Å². The van der Waals surface area contributed by atoms with Crippen LogP contribution in [0.15, 0.2) is 47.3 Å². The smallest absolute Gasteiger partial charge is 0.160 e. The fourth-order valence-electron chi connectivity index (χ4n) is 2.28. The SMILES string of the molecule is Clc1nnc(-c2ccccc2OCc2nccs2)c2sccc12. The van der Waals surface area contributed by atoms with E-state index >= 15 is 0 Å². The second-order valence-electron chi connectivity index (χ2n) is 4.71. The number of thiazole rings is 1. The van der Waals surface area contributed by atoms with Crippen molar-refractivity contribution < 1.29 is 4.74 Å². The van der Waals surface area contributed by atoms with Crippen molar-refractivity contribution in [3.05, 3.63) is 57.4 Å². The number of para-hydroxylation sites is 1. The molecule has 0 aliphatic rings. The number of hydrogen-bond donors (Lipinski definition) is 0. The van der Waals surface area contributed by atoms with Gasteiger partial charge in [-0.15, -0.1) is 32.9 Å². The summed E-state index contributed by atoms with van der Waals surface area (Å²) in [5.74, 6) is 0.758. The van der Waals surface area contributed by atoms with Crippen LogP contribution in [0.4, 0.5) is 0 Å². The van der Waals surface area contributed by atoms with Gasteiger partial charge < -0.3 is 4.74 Å². The lowest BCUT2D eigenvalue weighted by molar-refractivity contribution is 0.307. The van der Waals surface area contributed by atoms with Crippen molar-refractivity contribution >= 4 is 44.4 Å². The van der Waals surface area contributed by atoms with E-state index < -0.39 is 0 Å². The Morgan fingerprint density at radius 2 is 1.96 bits per heavy atom. The first kappa shape index (κ1) is 14.6. The zero-order valence-electron chi connectivity index (χ0n) is 11.8. The van der Waals surface area contributed by atoms with Crippen molar-refractivity contribution in [2.75, 3.05) is 0 Å². The molecule has 0 fully saturated rings. The van der Waals surface area contributed by atoms with Crippen molar-refractivity contribution in [1.82, 2.24) is 15.2 Å². The second kappa shape index (κ2) is 6.23. The van der Waals surface area contributed by atoms with E-state index in [2.05, 4.69) is 15.2 Å². The summed E-state index contributed by atoms with van der Waals surface area (Å²) in [6.45, 7) is 0.434. The minimum absolute atomic E-state index is 0.422. The molecular formula is C16H10ClN3OS2. The van der Waals surface area contributed by atoms with E-state index in [0.717, 1.165) is 32.1 Å². The van der Waals surface area contributed by atoms with Gasteiger partial charge in [-0.25, -0.2) is 4.98 Å². The first-order valence-electron chi connectivity index (χ1n) is 6.83. The molecule has 0 atom stereocenters. The summed E-state index contributed by atoms with van der Waals surface area (Å²) < 4.78 is 6.95. The quantitative estimate of drug-likeness (QED) is 0.511. The van der Waals surface area contributed by atoms with Gasteiger partial charge in [-0.05, 0) is 23.6 Å². The number of nitrogens with zero attached hydrogens (tertiary/aromatic N) is 3. The maximum Gasteiger partial charge on any atom is 0.160 e. The van der Waals surface area contributed by atoms with Crippen LogP contribution in [-0.4, -0.2) is 15.2 Å². The third-order valence-corrected chi connectivity index (χ3v) is 5.27. The Bertz CT molecular complexity index is 953. The minimum Gasteiger partial charge on any atom is -0.486 e. The number of aromatic nitrogens is 3. The Labute approximate surface area is 145 Å². The summed E-state index contributed by atoms with van der Waals surface area (Å²) in [6, 6.07) is 9.77. The van der Waals surface area contributed by atoms with Crippen LogP contribution in [-0.2, 0) is 6.61 Å². The molecular weight excluding hydrogens is 350 g/mol. The first-order chi connectivity index (χ1) is 11.3. The van der Waals surface area contributed by atoms with Crippen LogP contribution in [0.5, 0.6) is 5.75 Å². The molecule has 0 N–H and O–H groups in total. The molecule has 1 aromatic carbocycles. The zero-order valence-corrected chi connectivity index (χ0v) is 14.2. The van der Waals surface area contributed by atoms with E-state index in [9.17, 15) is 0 Å². The Morgan fingerprint density at radius 3 is 2.83 bits per heavy atom. The largest absolute Gasteiger partial charge is 0.486 e. The topological polar surface area (TPSA) is 47.9 Å². The zero-order chi connectivity index (χ0) is 15.6. The molecule has 0 bridgehead atoms. The first-order valence-corrected chi connectivity index (χ1v) is 8.96. The third kappa shape index (κ3) is 2.81. The van der Waals surface area contributed by atoms with Gasteiger partial charge in [0.1, 0.15) is 23.1 Å². The van der Waals surface area contributed by atoms with Crippen molar-refractivity contribution in [2.45, 2.75) is 6.61 Å². The van der Waals surface area contributed by atoms with Gasteiger partial charge in [0.2, 0.25) is 0 Å². The van der Waals surface area contributed by atoms with Crippen LogP contribution in [0.2, 0.25) is 5.15 Å². The molecule has 0 saturated heterocycles. The molecule has 23 heavy (non-hydrogen) atoms. The number of hydrogen-bond acceptors (Lipinski definition) is 6. The predicted molar refractivity (Wildman–Crippen MR) is 94.3 cm³/mol. The Hall–Kier alpha value is -2.02. The summed E-state index contributed by atoms with van der Waals surface area (Å²) in [7, 11) is 0. The maximum absolute atomic E-state index is 6.12. The minimum atomic E-state index is 0.422. The molecule has 4 aromatic rings. The van der Waals surface area contributed by atoms with E-state index in [4.69, 9.17) is 16.3 Å². The number of halogens is 1. The van der Waals surface area contributed by atoms with Gasteiger partial charge in [0.05, 0.1) is 4.70 Å². The lowest BCUT2D eigenvalue weighted by Crippen LogP contribution is -1.98. The molecule has 0 aliphatic heterocycles. The molecule has 0 radical (unpaired) electrons. The molecule has 4 nitrogen and oxygen atoms in total. The van der Waals surface area contributed by atoms with Gasteiger partial charge in [0.15, 0.2) is 5.15 Å². The molecule has 3 aromatic heterocycles. The highest BCUT2D eigenvalue weighted by atomic mass is 35.5. The summed E-state index contributed by atoms with van der Waals surface area (Å²) in [5.41, 5.74) is 1.69. The molecule has 7 heteroatoms. The number of ether oxygens (including phenoxy) is 1. The Balaban J connectivity index is 1.76. The van der Waals surface area contributed by atoms with Crippen molar-refractivity contribution in [3.8, 4) is 17.0 Å². The van der Waals surface area contributed by atoms with Crippen molar-refractivity contribution in [3.63, 3.8) is 0 Å². The van der Waals surface area contributed by atoms with Gasteiger partial charge >= 0.3 is 0 Å². The normalized spacial score (nSPS) is 11.0. The lowest BCUT2D eigenvalue weighted by atomic mass is 10.1. The van der Waals surface area contributed by atoms with Crippen LogP contribution >= 0.6 is 34.3 Å². The monoisotopic (exact) mass is 359 g/mol. The highest BCUT2D eigenvalue weighted by Gasteiger charge is 2.15. The van der Waals surface area contributed by atoms with Crippen LogP contribution in [0.25, 0.3) is 21.3 Å². The van der Waals surface area contributed by atoms with Gasteiger partial charge in [0, 0.05) is 22.5 Å². The van der Waals surface area contributed by atoms with Gasteiger partial charge in [-0.3, -0.25) is 0 Å². The van der Waals surface area contributed by atoms with Gasteiger partial charge in [0.25, 0.3) is 0 Å². The van der Waals surface area contributed by atoms with Crippen LogP contribution in [0, 0.1) is 0 Å². The van der Waals surface area contributed by atoms with E-state index in [0.29, 0.717) is 11.8 Å². The standard InChI is InChI=1S/C16H10ClN3OS2/c17-16-11-5-7-23-15(11)14(19-20-16)10-3-1-2-4-12(10)21-9-13-18-6-8-22-13/h1-8H,9H2. The Kier molecular flexibility index (Phi) is 3.95. The molecule has 0 saturated carbocycles. The van der Waals surface area contributed by atoms with Gasteiger partial charge in [-0.2, -0.15) is 0 Å². The molecule has 4 rings (SSSR count). The highest BCUT2D eigenvalue weighted by Crippen LogP contribution is 2.37. The highest BCUT2D eigenvalue weighted by molar-refractivity contribution is 7.17. The molecule has 0 amide bonds. The number of benzene rings is 1. The third-order valence-electron chi connectivity index (χ3n) is 3.32. The van der Waals surface area contributed by atoms with Crippen LogP contribution in [0.1, 0.15) is 5.01 Å². The summed E-state index contributed by atoms with van der Waals surface area (Å²) >= 11 is 9.29. The summed E-state index contributed by atoms with van der Waals surface area (Å²) in [6.07, 6.45) is 1.77. The van der Waals surface area contributed by atoms with E-state index in [1.54, 1.807) is 28.9 Å². The predicted octanol–water partition coefficient (Wildman–Crippen LogP) is 5.05. The maximum atomic E-state index is 6.12. The number of thiophene rings is 1. The average molecular weight is 360 g/mol. The molecule has 0 unspecified atom stereocenters. The second-order valence-corrected chi connectivity index (χ2v) is 6.97. The van der Waals surface area contributed by atoms with E-state index in [1.165, 1.54) is 0 Å². The van der Waals surface area contributed by atoms with Gasteiger partial charge in [-0.1, -0.05) is 23.7 Å². The summed E-state index contributed by atoms with van der Waals surface area (Å²) in [4.78, 5) is 4.24. The fraction of sp³-hybridized carbons (Fsp3) is 0.0625. The fourth-order valence-corrected chi connectivity index (χ4v) is 3.95. The number of fused-ring (bicyclic) bond motifs is 1. The summed E-state index contributed by atoms with van der Waals surface area (Å²) in [5, 5.41) is 14.5. The van der Waals surface area contributed by atoms with Crippen molar-refractivity contribution in [2.24, 2.45) is 0 Å². The van der Waals surface area contributed by atoms with Crippen molar-refractivity contribution in [1.29, 1.82) is 0 Å². The van der Waals surface area contributed by atoms with Crippen LogP contribution in [0.3, 0.4) is 0 Å². The molecule has 3 heterocycles. The molecule has 114 valence electrons. The molecule has 0 aliphatic carbocycles. The average Bonchev–Trinajstić information content (AvgIpc) is 3.26. The van der Waals surface area contributed by atoms with E-state index in [-0.39, 0.29) is 0 Å². The van der Waals surface area contributed by atoms with Crippen LogP contribution < -0.4 is 4.74 Å².